The largest absolute Gasteiger partial charge is 0.491 e. The number of nitrogens with one attached hydrogen (secondary N) is 3. The van der Waals surface area contributed by atoms with Gasteiger partial charge >= 0.3 is 0 Å². The summed E-state index contributed by atoms with van der Waals surface area (Å²) in [5.41, 5.74) is 3.32. The SMILES string of the molecule is O=C1NCCOc2cc(-c3c[nH]c4ncnc(N[C@H]5CC[C@H](N6CCOCC6)CC5)c34)ccc21. The third-order valence-electron chi connectivity index (χ3n) is 7.25. The Morgan fingerprint density at radius 3 is 2.74 bits per heavy atom. The van der Waals surface area contributed by atoms with Crippen molar-refractivity contribution >= 4 is 22.8 Å². The molecule has 3 aliphatic rings. The molecule has 1 aliphatic carbocycles. The van der Waals surface area contributed by atoms with E-state index in [1.54, 1.807) is 6.33 Å². The fourth-order valence-electron chi connectivity index (χ4n) is 5.44. The van der Waals surface area contributed by atoms with Gasteiger partial charge in [-0.25, -0.2) is 9.97 Å². The molecular formula is C25H30N6O3. The molecule has 3 N–H and O–H groups in total. The molecule has 0 unspecified atom stereocenters. The van der Waals surface area contributed by atoms with Gasteiger partial charge in [-0.3, -0.25) is 9.69 Å². The fourth-order valence-corrected chi connectivity index (χ4v) is 5.44. The van der Waals surface area contributed by atoms with E-state index in [-0.39, 0.29) is 5.91 Å². The van der Waals surface area contributed by atoms with Crippen LogP contribution in [0.4, 0.5) is 5.82 Å². The highest BCUT2D eigenvalue weighted by Gasteiger charge is 2.28. The van der Waals surface area contributed by atoms with Crippen LogP contribution in [0.5, 0.6) is 5.75 Å². The van der Waals surface area contributed by atoms with Crippen molar-refractivity contribution in [2.45, 2.75) is 37.8 Å². The molecule has 1 aromatic carbocycles. The number of amides is 1. The predicted molar refractivity (Wildman–Crippen MR) is 129 cm³/mol. The van der Waals surface area contributed by atoms with Gasteiger partial charge in [-0.1, -0.05) is 6.07 Å². The van der Waals surface area contributed by atoms with E-state index in [4.69, 9.17) is 9.47 Å². The number of carbonyl (C=O) groups is 1. The van der Waals surface area contributed by atoms with Crippen molar-refractivity contribution in [3.8, 4) is 16.9 Å². The van der Waals surface area contributed by atoms with Gasteiger partial charge < -0.3 is 25.1 Å². The van der Waals surface area contributed by atoms with Crippen LogP contribution in [0.3, 0.4) is 0 Å². The highest BCUT2D eigenvalue weighted by atomic mass is 16.5. The quantitative estimate of drug-likeness (QED) is 0.548. The molecule has 9 nitrogen and oxygen atoms in total. The van der Waals surface area contributed by atoms with Gasteiger partial charge in [-0.2, -0.15) is 0 Å². The molecule has 0 spiro atoms. The van der Waals surface area contributed by atoms with Gasteiger partial charge in [0.15, 0.2) is 0 Å². The van der Waals surface area contributed by atoms with E-state index in [1.807, 2.05) is 24.4 Å². The van der Waals surface area contributed by atoms with Crippen LogP contribution in [0.25, 0.3) is 22.2 Å². The maximum Gasteiger partial charge on any atom is 0.255 e. The van der Waals surface area contributed by atoms with E-state index < -0.39 is 0 Å². The minimum atomic E-state index is -0.101. The van der Waals surface area contributed by atoms with Gasteiger partial charge in [0, 0.05) is 36.9 Å². The van der Waals surface area contributed by atoms with Crippen molar-refractivity contribution in [1.82, 2.24) is 25.2 Å². The van der Waals surface area contributed by atoms with Crippen LogP contribution in [0.15, 0.2) is 30.7 Å². The monoisotopic (exact) mass is 462 g/mol. The first-order chi connectivity index (χ1) is 16.8. The zero-order chi connectivity index (χ0) is 22.9. The molecule has 0 atom stereocenters. The number of anilines is 1. The maximum atomic E-state index is 12.3. The third-order valence-corrected chi connectivity index (χ3v) is 7.25. The average molecular weight is 463 g/mol. The first-order valence-corrected chi connectivity index (χ1v) is 12.2. The summed E-state index contributed by atoms with van der Waals surface area (Å²) >= 11 is 0. The Bertz CT molecular complexity index is 1180. The molecule has 0 radical (unpaired) electrons. The molecule has 2 aromatic heterocycles. The van der Waals surface area contributed by atoms with Gasteiger partial charge in [-0.15, -0.1) is 0 Å². The van der Waals surface area contributed by atoms with Gasteiger partial charge in [0.05, 0.1) is 30.7 Å². The van der Waals surface area contributed by atoms with Crippen LogP contribution in [-0.4, -0.2) is 77.3 Å². The molecule has 1 saturated carbocycles. The van der Waals surface area contributed by atoms with E-state index in [9.17, 15) is 4.79 Å². The lowest BCUT2D eigenvalue weighted by molar-refractivity contribution is 0.00791. The number of fused-ring (bicyclic) bond motifs is 2. The molecule has 9 heteroatoms. The number of carbonyl (C=O) groups excluding carboxylic acids is 1. The van der Waals surface area contributed by atoms with E-state index in [2.05, 4.69) is 30.5 Å². The number of aromatic amines is 1. The number of hydrogen-bond donors (Lipinski definition) is 3. The Morgan fingerprint density at radius 2 is 1.88 bits per heavy atom. The number of aromatic nitrogens is 3. The predicted octanol–water partition coefficient (Wildman–Crippen LogP) is 2.80. The van der Waals surface area contributed by atoms with Crippen LogP contribution in [0.1, 0.15) is 36.0 Å². The molecule has 0 bridgehead atoms. The Balaban J connectivity index is 1.24. The first-order valence-electron chi connectivity index (χ1n) is 12.2. The van der Waals surface area contributed by atoms with Crippen LogP contribution in [0, 0.1) is 0 Å². The Morgan fingerprint density at radius 1 is 1.03 bits per heavy atom. The second-order valence-electron chi connectivity index (χ2n) is 9.26. The summed E-state index contributed by atoms with van der Waals surface area (Å²) in [6.07, 6.45) is 8.18. The van der Waals surface area contributed by atoms with E-state index in [0.29, 0.717) is 36.5 Å². The van der Waals surface area contributed by atoms with Crippen molar-refractivity contribution < 1.29 is 14.3 Å². The Kier molecular flexibility index (Phi) is 5.80. The van der Waals surface area contributed by atoms with E-state index in [1.165, 1.54) is 12.8 Å². The van der Waals surface area contributed by atoms with Gasteiger partial charge in [0.1, 0.15) is 30.1 Å². The second-order valence-corrected chi connectivity index (χ2v) is 9.26. The molecule has 34 heavy (non-hydrogen) atoms. The molecule has 1 saturated heterocycles. The number of nitrogens with zero attached hydrogens (tertiary/aromatic N) is 3. The second kappa shape index (κ2) is 9.23. The molecule has 1 amide bonds. The Hall–Kier alpha value is -3.17. The molecular weight excluding hydrogens is 432 g/mol. The normalized spacial score (nSPS) is 23.6. The van der Waals surface area contributed by atoms with Crippen molar-refractivity contribution in [2.24, 2.45) is 0 Å². The zero-order valence-corrected chi connectivity index (χ0v) is 19.2. The Labute approximate surface area is 198 Å². The lowest BCUT2D eigenvalue weighted by atomic mass is 9.90. The van der Waals surface area contributed by atoms with Crippen LogP contribution < -0.4 is 15.4 Å². The minimum Gasteiger partial charge on any atom is -0.491 e. The van der Waals surface area contributed by atoms with Crippen LogP contribution >= 0.6 is 0 Å². The number of ether oxygens (including phenoxy) is 2. The minimum absolute atomic E-state index is 0.101. The van der Waals surface area contributed by atoms with Gasteiger partial charge in [0.2, 0.25) is 0 Å². The summed E-state index contributed by atoms with van der Waals surface area (Å²) in [4.78, 5) is 27.2. The first kappa shape index (κ1) is 21.4. The zero-order valence-electron chi connectivity index (χ0n) is 19.2. The fraction of sp³-hybridized carbons (Fsp3) is 0.480. The van der Waals surface area contributed by atoms with Gasteiger partial charge in [0.25, 0.3) is 5.91 Å². The number of morpholine rings is 1. The summed E-state index contributed by atoms with van der Waals surface area (Å²) in [6, 6.07) is 6.77. The van der Waals surface area contributed by atoms with Gasteiger partial charge in [-0.05, 0) is 43.4 Å². The highest BCUT2D eigenvalue weighted by molar-refractivity contribution is 6.02. The number of rotatable bonds is 4. The van der Waals surface area contributed by atoms with E-state index in [0.717, 1.165) is 67.1 Å². The lowest BCUT2D eigenvalue weighted by Gasteiger charge is -2.39. The summed E-state index contributed by atoms with van der Waals surface area (Å²) in [5, 5.41) is 7.54. The highest BCUT2D eigenvalue weighted by Crippen LogP contribution is 2.36. The standard InChI is InChI=1S/C25H30N6O3/c32-25-19-6-1-16(13-21(19)34-10-7-26-25)20-14-27-23-22(20)24(29-15-28-23)30-17-2-4-18(5-3-17)31-8-11-33-12-9-31/h1,6,13-15,17-18H,2-5,7-12H2,(H,26,32)(H2,27,28,29,30)/t17-,18-. The number of benzene rings is 1. The summed E-state index contributed by atoms with van der Waals surface area (Å²) < 4.78 is 11.3. The van der Waals surface area contributed by atoms with E-state index >= 15 is 0 Å². The molecule has 6 rings (SSSR count). The third kappa shape index (κ3) is 4.10. The van der Waals surface area contributed by atoms with Crippen molar-refractivity contribution in [3.63, 3.8) is 0 Å². The maximum absolute atomic E-state index is 12.3. The molecule has 178 valence electrons. The lowest BCUT2D eigenvalue weighted by Crippen LogP contribution is -2.46. The summed E-state index contributed by atoms with van der Waals surface area (Å²) in [6.45, 7) is 4.77. The number of H-pyrrole nitrogens is 1. The molecule has 2 aliphatic heterocycles. The molecule has 2 fully saturated rings. The number of hydrogen-bond acceptors (Lipinski definition) is 7. The van der Waals surface area contributed by atoms with Crippen molar-refractivity contribution in [2.75, 3.05) is 44.8 Å². The topological polar surface area (TPSA) is 104 Å². The van der Waals surface area contributed by atoms with Crippen LogP contribution in [-0.2, 0) is 4.74 Å². The average Bonchev–Trinajstić information content (AvgIpc) is 3.24. The van der Waals surface area contributed by atoms with Crippen molar-refractivity contribution in [1.29, 1.82) is 0 Å². The summed E-state index contributed by atoms with van der Waals surface area (Å²) in [5.74, 6) is 1.36. The van der Waals surface area contributed by atoms with Crippen molar-refractivity contribution in [3.05, 3.63) is 36.3 Å². The summed E-state index contributed by atoms with van der Waals surface area (Å²) in [7, 11) is 0. The van der Waals surface area contributed by atoms with Crippen LogP contribution in [0.2, 0.25) is 0 Å². The molecule has 4 heterocycles. The smallest absolute Gasteiger partial charge is 0.255 e. The molecule has 3 aromatic rings.